The molecule has 0 aromatic rings. The Hall–Kier alpha value is -0.570. The first-order valence-corrected chi connectivity index (χ1v) is 3.93. The number of hydrogen-bond acceptors (Lipinski definition) is 3. The summed E-state index contributed by atoms with van der Waals surface area (Å²) in [6.07, 6.45) is 0.653. The van der Waals surface area contributed by atoms with Crippen molar-refractivity contribution in [3.63, 3.8) is 0 Å². The molecule has 3 heteroatoms. The normalized spacial score (nSPS) is 44.2. The molecule has 11 heavy (non-hydrogen) atoms. The first kappa shape index (κ1) is 8.53. The Morgan fingerprint density at radius 1 is 1.73 bits per heavy atom. The molecule has 1 saturated heterocycles. The molecular weight excluding hydrogens is 144 g/mol. The predicted octanol–water partition coefficient (Wildman–Crippen LogP) is 0.709. The van der Waals surface area contributed by atoms with Crippen molar-refractivity contribution in [3.05, 3.63) is 0 Å². The average Bonchev–Trinajstić information content (AvgIpc) is 2.14. The van der Waals surface area contributed by atoms with Crippen molar-refractivity contribution >= 4 is 5.97 Å². The second-order valence-corrected chi connectivity index (χ2v) is 3.29. The number of cyclic esters (lactones) is 1. The Morgan fingerprint density at radius 2 is 2.27 bits per heavy atom. The molecule has 1 heterocycles. The smallest absolute Gasteiger partial charge is 0.338 e. The van der Waals surface area contributed by atoms with Crippen LogP contribution in [0.25, 0.3) is 0 Å². The molecule has 1 N–H and O–H groups in total. The Balaban J connectivity index is 2.80. The maximum absolute atomic E-state index is 11.0. The molecule has 0 aromatic carbocycles. The van der Waals surface area contributed by atoms with Crippen LogP contribution in [0.1, 0.15) is 27.2 Å². The van der Waals surface area contributed by atoms with Gasteiger partial charge in [0, 0.05) is 5.92 Å². The van der Waals surface area contributed by atoms with E-state index in [2.05, 4.69) is 0 Å². The summed E-state index contributed by atoms with van der Waals surface area (Å²) < 4.78 is 4.95. The second kappa shape index (κ2) is 2.48. The van der Waals surface area contributed by atoms with E-state index in [-0.39, 0.29) is 12.0 Å². The summed E-state index contributed by atoms with van der Waals surface area (Å²) in [5, 5.41) is 9.56. The zero-order chi connectivity index (χ0) is 8.65. The van der Waals surface area contributed by atoms with Gasteiger partial charge in [-0.1, -0.05) is 13.8 Å². The van der Waals surface area contributed by atoms with Crippen LogP contribution < -0.4 is 0 Å². The maximum Gasteiger partial charge on any atom is 0.338 e. The highest BCUT2D eigenvalue weighted by Gasteiger charge is 2.49. The van der Waals surface area contributed by atoms with Gasteiger partial charge in [0.15, 0.2) is 5.60 Å². The Labute approximate surface area is 66.4 Å². The highest BCUT2D eigenvalue weighted by molar-refractivity contribution is 5.81. The summed E-state index contributed by atoms with van der Waals surface area (Å²) in [6, 6.07) is 0. The molecule has 1 rings (SSSR count). The van der Waals surface area contributed by atoms with Gasteiger partial charge in [-0.2, -0.15) is 0 Å². The van der Waals surface area contributed by atoms with Gasteiger partial charge in [0.25, 0.3) is 0 Å². The van der Waals surface area contributed by atoms with Crippen LogP contribution in [0.3, 0.4) is 0 Å². The zero-order valence-corrected chi connectivity index (χ0v) is 7.13. The lowest BCUT2D eigenvalue weighted by Crippen LogP contribution is -2.36. The van der Waals surface area contributed by atoms with Gasteiger partial charge in [0.2, 0.25) is 0 Å². The van der Waals surface area contributed by atoms with Gasteiger partial charge in [-0.15, -0.1) is 0 Å². The quantitative estimate of drug-likeness (QED) is 0.572. The summed E-state index contributed by atoms with van der Waals surface area (Å²) in [5.41, 5.74) is -1.28. The molecule has 1 fully saturated rings. The maximum atomic E-state index is 11.0. The summed E-state index contributed by atoms with van der Waals surface area (Å²) in [5.74, 6) is -0.586. The van der Waals surface area contributed by atoms with Crippen molar-refractivity contribution < 1.29 is 14.6 Å². The molecular formula is C8H14O3. The van der Waals surface area contributed by atoms with Crippen molar-refractivity contribution in [2.24, 2.45) is 5.92 Å². The SMILES string of the molecule is CC[C@H]1OC(=O)[C@@](C)(O)C1C. The molecule has 64 valence electrons. The van der Waals surface area contributed by atoms with E-state index in [9.17, 15) is 9.90 Å². The van der Waals surface area contributed by atoms with E-state index in [1.807, 2.05) is 13.8 Å². The molecule has 0 aromatic heterocycles. The molecule has 1 aliphatic rings. The fraction of sp³-hybridized carbons (Fsp3) is 0.875. The molecule has 1 unspecified atom stereocenters. The molecule has 0 bridgehead atoms. The van der Waals surface area contributed by atoms with Gasteiger partial charge in [0.1, 0.15) is 6.10 Å². The van der Waals surface area contributed by atoms with Gasteiger partial charge in [-0.25, -0.2) is 4.79 Å². The van der Waals surface area contributed by atoms with Crippen LogP contribution in [-0.4, -0.2) is 22.8 Å². The van der Waals surface area contributed by atoms with Gasteiger partial charge in [0.05, 0.1) is 0 Å². The standard InChI is InChI=1S/C8H14O3/c1-4-6-5(2)8(3,10)7(9)11-6/h5-6,10H,4H2,1-3H3/t5?,6-,8+/m1/s1. The second-order valence-electron chi connectivity index (χ2n) is 3.29. The number of hydrogen-bond donors (Lipinski definition) is 1. The Morgan fingerprint density at radius 3 is 2.45 bits per heavy atom. The fourth-order valence-corrected chi connectivity index (χ4v) is 1.34. The number of carbonyl (C=O) groups is 1. The number of carbonyl (C=O) groups excluding carboxylic acids is 1. The Kier molecular flexibility index (Phi) is 1.92. The summed E-state index contributed by atoms with van der Waals surface area (Å²) in [7, 11) is 0. The van der Waals surface area contributed by atoms with E-state index in [1.165, 1.54) is 6.92 Å². The van der Waals surface area contributed by atoms with Crippen LogP contribution in [0.15, 0.2) is 0 Å². The minimum atomic E-state index is -1.28. The summed E-state index contributed by atoms with van der Waals surface area (Å²) in [4.78, 5) is 11.0. The van der Waals surface area contributed by atoms with E-state index in [1.54, 1.807) is 0 Å². The van der Waals surface area contributed by atoms with Gasteiger partial charge < -0.3 is 9.84 Å². The first-order chi connectivity index (χ1) is 5.00. The van der Waals surface area contributed by atoms with Crippen LogP contribution in [0.5, 0.6) is 0 Å². The highest BCUT2D eigenvalue weighted by atomic mass is 16.6. The van der Waals surface area contributed by atoms with Gasteiger partial charge >= 0.3 is 5.97 Å². The van der Waals surface area contributed by atoms with Crippen LogP contribution in [-0.2, 0) is 9.53 Å². The predicted molar refractivity (Wildman–Crippen MR) is 40.0 cm³/mol. The van der Waals surface area contributed by atoms with Crippen LogP contribution in [0, 0.1) is 5.92 Å². The van der Waals surface area contributed by atoms with Gasteiger partial charge in [-0.05, 0) is 13.3 Å². The number of esters is 1. The van der Waals surface area contributed by atoms with Crippen LogP contribution in [0.2, 0.25) is 0 Å². The van der Waals surface area contributed by atoms with E-state index >= 15 is 0 Å². The van der Waals surface area contributed by atoms with E-state index in [0.29, 0.717) is 0 Å². The number of ether oxygens (including phenoxy) is 1. The lowest BCUT2D eigenvalue weighted by molar-refractivity contribution is -0.154. The molecule has 3 atom stereocenters. The third-order valence-electron chi connectivity index (χ3n) is 2.52. The van der Waals surface area contributed by atoms with E-state index < -0.39 is 11.6 Å². The molecule has 0 spiro atoms. The molecule has 0 radical (unpaired) electrons. The number of aliphatic hydroxyl groups is 1. The molecule has 0 aliphatic carbocycles. The molecule has 3 nitrogen and oxygen atoms in total. The van der Waals surface area contributed by atoms with Crippen molar-refractivity contribution in [1.82, 2.24) is 0 Å². The Bertz CT molecular complexity index is 174. The van der Waals surface area contributed by atoms with Crippen molar-refractivity contribution in [2.75, 3.05) is 0 Å². The monoisotopic (exact) mass is 158 g/mol. The van der Waals surface area contributed by atoms with E-state index in [4.69, 9.17) is 4.74 Å². The van der Waals surface area contributed by atoms with Crippen molar-refractivity contribution in [3.8, 4) is 0 Å². The average molecular weight is 158 g/mol. The molecule has 0 saturated carbocycles. The van der Waals surface area contributed by atoms with Crippen molar-refractivity contribution in [2.45, 2.75) is 38.9 Å². The minimum absolute atomic E-state index is 0.0972. The molecule has 1 aliphatic heterocycles. The third kappa shape index (κ3) is 1.13. The zero-order valence-electron chi connectivity index (χ0n) is 7.13. The highest BCUT2D eigenvalue weighted by Crippen LogP contribution is 2.32. The number of rotatable bonds is 1. The van der Waals surface area contributed by atoms with Crippen LogP contribution >= 0.6 is 0 Å². The minimum Gasteiger partial charge on any atom is -0.460 e. The first-order valence-electron chi connectivity index (χ1n) is 3.93. The van der Waals surface area contributed by atoms with Crippen molar-refractivity contribution in [1.29, 1.82) is 0 Å². The summed E-state index contributed by atoms with van der Waals surface area (Å²) in [6.45, 7) is 5.28. The fourth-order valence-electron chi connectivity index (χ4n) is 1.34. The topological polar surface area (TPSA) is 46.5 Å². The molecule has 0 amide bonds. The van der Waals surface area contributed by atoms with Crippen LogP contribution in [0.4, 0.5) is 0 Å². The summed E-state index contributed by atoms with van der Waals surface area (Å²) >= 11 is 0. The van der Waals surface area contributed by atoms with E-state index in [0.717, 1.165) is 6.42 Å². The lowest BCUT2D eigenvalue weighted by Gasteiger charge is -2.18. The lowest BCUT2D eigenvalue weighted by atomic mass is 9.88. The van der Waals surface area contributed by atoms with Gasteiger partial charge in [-0.3, -0.25) is 0 Å². The third-order valence-corrected chi connectivity index (χ3v) is 2.52. The largest absolute Gasteiger partial charge is 0.460 e.